The maximum absolute atomic E-state index is 13.0. The lowest BCUT2D eigenvalue weighted by Crippen LogP contribution is -2.49. The number of piperazine rings is 1. The fourth-order valence-electron chi connectivity index (χ4n) is 3.14. The molecule has 10 heteroatoms. The lowest BCUT2D eigenvalue weighted by molar-refractivity contribution is 0.142. The number of hydrogen-bond acceptors (Lipinski definition) is 5. The fraction of sp³-hybridized carbons (Fsp3) is 0.333. The first-order valence-electron chi connectivity index (χ1n) is 7.87. The van der Waals surface area contributed by atoms with Crippen molar-refractivity contribution in [3.8, 4) is 0 Å². The molecule has 3 N–H and O–H groups in total. The molecular formula is C15H18N6O3S. The van der Waals surface area contributed by atoms with Crippen molar-refractivity contribution in [3.63, 3.8) is 0 Å². The second kappa shape index (κ2) is 5.83. The number of H-pyrrole nitrogens is 3. The van der Waals surface area contributed by atoms with E-state index in [0.29, 0.717) is 30.7 Å². The molecule has 1 aromatic carbocycles. The fourth-order valence-corrected chi connectivity index (χ4v) is 4.61. The average Bonchev–Trinajstić information content (AvgIpc) is 3.22. The van der Waals surface area contributed by atoms with E-state index >= 15 is 0 Å². The molecule has 3 heterocycles. The number of nitrogens with zero attached hydrogens (tertiary/aromatic N) is 3. The summed E-state index contributed by atoms with van der Waals surface area (Å²) in [6.45, 7) is 1.32. The topological polar surface area (TPSA) is 118 Å². The van der Waals surface area contributed by atoms with Gasteiger partial charge in [-0.3, -0.25) is 4.90 Å². The van der Waals surface area contributed by atoms with Crippen molar-refractivity contribution in [2.24, 2.45) is 0 Å². The van der Waals surface area contributed by atoms with Crippen LogP contribution in [0.25, 0.3) is 11.0 Å². The Labute approximate surface area is 143 Å². The highest BCUT2D eigenvalue weighted by molar-refractivity contribution is 7.89. The van der Waals surface area contributed by atoms with Crippen molar-refractivity contribution in [1.82, 2.24) is 29.1 Å². The summed E-state index contributed by atoms with van der Waals surface area (Å²) in [5, 5.41) is 0. The lowest BCUT2D eigenvalue weighted by Gasteiger charge is -2.37. The van der Waals surface area contributed by atoms with Gasteiger partial charge >= 0.3 is 5.69 Å². The minimum absolute atomic E-state index is 0.130. The Morgan fingerprint density at radius 3 is 2.76 bits per heavy atom. The van der Waals surface area contributed by atoms with Gasteiger partial charge in [-0.05, 0) is 25.2 Å². The highest BCUT2D eigenvalue weighted by Gasteiger charge is 2.34. The number of sulfonamides is 1. The second-order valence-electron chi connectivity index (χ2n) is 6.12. The van der Waals surface area contributed by atoms with Crippen LogP contribution < -0.4 is 5.69 Å². The summed E-state index contributed by atoms with van der Waals surface area (Å²) in [4.78, 5) is 26.1. The van der Waals surface area contributed by atoms with Gasteiger partial charge in [0.2, 0.25) is 10.0 Å². The minimum atomic E-state index is -3.66. The lowest BCUT2D eigenvalue weighted by atomic mass is 10.2. The van der Waals surface area contributed by atoms with E-state index in [0.717, 1.165) is 5.82 Å². The first-order valence-corrected chi connectivity index (χ1v) is 9.31. The average molecular weight is 362 g/mol. The van der Waals surface area contributed by atoms with E-state index in [9.17, 15) is 13.2 Å². The van der Waals surface area contributed by atoms with Crippen LogP contribution in [-0.2, 0) is 10.0 Å². The quantitative estimate of drug-likeness (QED) is 0.618. The predicted octanol–water partition coefficient (Wildman–Crippen LogP) is 0.257. The Hall–Kier alpha value is -2.43. The van der Waals surface area contributed by atoms with Crippen LogP contribution in [0, 0.1) is 0 Å². The smallest absolute Gasteiger partial charge is 0.323 e. The molecule has 0 saturated carbocycles. The molecule has 1 atom stereocenters. The van der Waals surface area contributed by atoms with Crippen molar-refractivity contribution in [1.29, 1.82) is 0 Å². The Kier molecular flexibility index (Phi) is 3.74. The zero-order chi connectivity index (χ0) is 17.6. The molecule has 0 amide bonds. The Balaban J connectivity index is 1.67. The summed E-state index contributed by atoms with van der Waals surface area (Å²) in [5.41, 5.74) is 0.695. The molecular weight excluding hydrogens is 344 g/mol. The van der Waals surface area contributed by atoms with E-state index in [1.165, 1.54) is 16.4 Å². The third kappa shape index (κ3) is 2.77. The number of imidazole rings is 2. The number of likely N-dealkylation sites (N-methyl/N-ethyl adjacent to an activating group) is 1. The third-order valence-corrected chi connectivity index (χ3v) is 6.43. The van der Waals surface area contributed by atoms with E-state index in [4.69, 9.17) is 0 Å². The van der Waals surface area contributed by atoms with Crippen LogP contribution in [0.1, 0.15) is 11.9 Å². The van der Waals surface area contributed by atoms with Gasteiger partial charge in [0.25, 0.3) is 0 Å². The molecule has 1 aliphatic heterocycles. The standard InChI is InChI=1S/C15H18N6O3S/c1-20-6-7-21(9-13(20)14-16-4-5-17-14)25(23,24)10-2-3-11-12(8-10)19-15(22)18-11/h2-5,8,13H,6-7,9H2,1H3,(H,16,17)(H2,18,19,22). The number of nitrogens with one attached hydrogen (secondary N) is 3. The third-order valence-electron chi connectivity index (χ3n) is 4.57. The van der Waals surface area contributed by atoms with Crippen LogP contribution in [0.5, 0.6) is 0 Å². The van der Waals surface area contributed by atoms with E-state index < -0.39 is 10.0 Å². The molecule has 0 radical (unpaired) electrons. The summed E-state index contributed by atoms with van der Waals surface area (Å²) in [6, 6.07) is 4.47. The predicted molar refractivity (Wildman–Crippen MR) is 91.6 cm³/mol. The summed E-state index contributed by atoms with van der Waals surface area (Å²) in [5.74, 6) is 0.743. The van der Waals surface area contributed by atoms with Crippen LogP contribution in [0.15, 0.2) is 40.3 Å². The Morgan fingerprint density at radius 2 is 2.00 bits per heavy atom. The molecule has 1 saturated heterocycles. The van der Waals surface area contributed by atoms with Gasteiger partial charge in [-0.25, -0.2) is 18.2 Å². The number of aromatic amines is 3. The molecule has 0 aliphatic carbocycles. The van der Waals surface area contributed by atoms with Gasteiger partial charge in [0, 0.05) is 32.0 Å². The maximum atomic E-state index is 13.0. The number of hydrogen-bond donors (Lipinski definition) is 3. The van der Waals surface area contributed by atoms with Crippen LogP contribution >= 0.6 is 0 Å². The van der Waals surface area contributed by atoms with Crippen molar-refractivity contribution in [2.45, 2.75) is 10.9 Å². The van der Waals surface area contributed by atoms with Gasteiger partial charge in [-0.1, -0.05) is 0 Å². The van der Waals surface area contributed by atoms with E-state index in [1.54, 1.807) is 18.5 Å². The molecule has 3 aromatic rings. The largest absolute Gasteiger partial charge is 0.347 e. The van der Waals surface area contributed by atoms with Gasteiger partial charge < -0.3 is 15.0 Å². The molecule has 132 valence electrons. The van der Waals surface area contributed by atoms with Crippen LogP contribution in [0.2, 0.25) is 0 Å². The minimum Gasteiger partial charge on any atom is -0.347 e. The summed E-state index contributed by atoms with van der Waals surface area (Å²) in [6.07, 6.45) is 3.39. The molecule has 9 nitrogen and oxygen atoms in total. The monoisotopic (exact) mass is 362 g/mol. The normalized spacial score (nSPS) is 20.3. The maximum Gasteiger partial charge on any atom is 0.323 e. The van der Waals surface area contributed by atoms with Crippen LogP contribution in [0.4, 0.5) is 0 Å². The molecule has 0 spiro atoms. The van der Waals surface area contributed by atoms with Gasteiger partial charge in [-0.15, -0.1) is 0 Å². The number of fused-ring (bicyclic) bond motifs is 1. The van der Waals surface area contributed by atoms with Gasteiger partial charge in [0.15, 0.2) is 0 Å². The van der Waals surface area contributed by atoms with E-state index in [1.807, 2.05) is 7.05 Å². The molecule has 25 heavy (non-hydrogen) atoms. The van der Waals surface area contributed by atoms with Gasteiger partial charge in [0.1, 0.15) is 5.82 Å². The van der Waals surface area contributed by atoms with Crippen LogP contribution in [0.3, 0.4) is 0 Å². The van der Waals surface area contributed by atoms with Crippen LogP contribution in [-0.4, -0.2) is 64.2 Å². The van der Waals surface area contributed by atoms with Crippen molar-refractivity contribution in [2.75, 3.05) is 26.7 Å². The van der Waals surface area contributed by atoms with Gasteiger partial charge in [0.05, 0.1) is 22.0 Å². The molecule has 4 rings (SSSR count). The number of rotatable bonds is 3. The summed E-state index contributed by atoms with van der Waals surface area (Å²) >= 11 is 0. The highest BCUT2D eigenvalue weighted by Crippen LogP contribution is 2.26. The van der Waals surface area contributed by atoms with Gasteiger partial charge in [-0.2, -0.15) is 4.31 Å². The summed E-state index contributed by atoms with van der Waals surface area (Å²) < 4.78 is 27.5. The van der Waals surface area contributed by atoms with Crippen molar-refractivity contribution in [3.05, 3.63) is 46.9 Å². The van der Waals surface area contributed by atoms with E-state index in [2.05, 4.69) is 24.8 Å². The zero-order valence-corrected chi connectivity index (χ0v) is 14.4. The van der Waals surface area contributed by atoms with E-state index in [-0.39, 0.29) is 16.6 Å². The molecule has 1 aliphatic rings. The highest BCUT2D eigenvalue weighted by atomic mass is 32.2. The first kappa shape index (κ1) is 16.1. The molecule has 0 bridgehead atoms. The SMILES string of the molecule is CN1CCN(S(=O)(=O)c2ccc3[nH]c(=O)[nH]c3c2)CC1c1ncc[nH]1. The Bertz CT molecular complexity index is 1050. The molecule has 1 unspecified atom stereocenters. The molecule has 2 aromatic heterocycles. The zero-order valence-electron chi connectivity index (χ0n) is 13.6. The molecule has 1 fully saturated rings. The number of benzene rings is 1. The summed E-state index contributed by atoms with van der Waals surface area (Å²) in [7, 11) is -1.71. The second-order valence-corrected chi connectivity index (χ2v) is 8.06. The Morgan fingerprint density at radius 1 is 1.20 bits per heavy atom. The number of aromatic nitrogens is 4. The van der Waals surface area contributed by atoms with Crippen molar-refractivity contribution >= 4 is 21.1 Å². The first-order chi connectivity index (χ1) is 11.9. The van der Waals surface area contributed by atoms with Crippen molar-refractivity contribution < 1.29 is 8.42 Å².